The number of carbonyl (C=O) groups excluding carboxylic acids is 1. The summed E-state index contributed by atoms with van der Waals surface area (Å²) in [4.78, 5) is 14.9. The van der Waals surface area contributed by atoms with Gasteiger partial charge in [-0.15, -0.1) is 0 Å². The summed E-state index contributed by atoms with van der Waals surface area (Å²) in [6.45, 7) is 1.31. The van der Waals surface area contributed by atoms with Crippen molar-refractivity contribution >= 4 is 21.8 Å². The monoisotopic (exact) mass is 331 g/mol. The number of rotatable bonds is 5. The molecular formula is C16H15N2O4S-. The molecule has 0 heterocycles. The summed E-state index contributed by atoms with van der Waals surface area (Å²) in [5, 5.41) is 10.9. The molecule has 2 aromatic rings. The Hall–Kier alpha value is -2.67. The van der Waals surface area contributed by atoms with Crippen molar-refractivity contribution in [2.45, 2.75) is 17.9 Å². The van der Waals surface area contributed by atoms with Gasteiger partial charge in [0.25, 0.3) is 10.0 Å². The van der Waals surface area contributed by atoms with Gasteiger partial charge in [0.15, 0.2) is 0 Å². The molecule has 7 heteroatoms. The minimum absolute atomic E-state index is 0.0499. The van der Waals surface area contributed by atoms with Crippen molar-refractivity contribution in [2.75, 3.05) is 0 Å². The zero-order valence-corrected chi connectivity index (χ0v) is 13.2. The first-order valence-electron chi connectivity index (χ1n) is 6.82. The molecule has 0 aromatic heterocycles. The third-order valence-electron chi connectivity index (χ3n) is 3.00. The molecule has 0 saturated carbocycles. The number of sulfonamides is 1. The maximum atomic E-state index is 12.4. The van der Waals surface area contributed by atoms with Crippen molar-refractivity contribution in [2.24, 2.45) is 4.99 Å². The van der Waals surface area contributed by atoms with Crippen LogP contribution < -0.4 is 9.83 Å². The van der Waals surface area contributed by atoms with Crippen molar-refractivity contribution in [3.63, 3.8) is 0 Å². The molecule has 0 fully saturated rings. The van der Waals surface area contributed by atoms with Crippen LogP contribution in [0.25, 0.3) is 0 Å². The van der Waals surface area contributed by atoms with E-state index in [2.05, 4.69) is 9.71 Å². The SMILES string of the molecule is C[C@@H](N=C(NS(=O)(=O)c1ccccc1)c1ccccc1)C(=O)[O-]. The molecule has 1 N–H and O–H groups in total. The minimum atomic E-state index is -3.87. The van der Waals surface area contributed by atoms with Crippen LogP contribution in [0.4, 0.5) is 0 Å². The van der Waals surface area contributed by atoms with E-state index in [9.17, 15) is 18.3 Å². The van der Waals surface area contributed by atoms with Gasteiger partial charge in [-0.05, 0) is 19.1 Å². The molecular weight excluding hydrogens is 316 g/mol. The third-order valence-corrected chi connectivity index (χ3v) is 4.35. The Balaban J connectivity index is 2.41. The zero-order valence-electron chi connectivity index (χ0n) is 12.3. The van der Waals surface area contributed by atoms with E-state index in [4.69, 9.17) is 0 Å². The van der Waals surface area contributed by atoms with Crippen LogP contribution in [0, 0.1) is 0 Å². The second-order valence-corrected chi connectivity index (χ2v) is 6.44. The zero-order chi connectivity index (χ0) is 16.9. The highest BCUT2D eigenvalue weighted by Gasteiger charge is 2.17. The van der Waals surface area contributed by atoms with E-state index in [1.54, 1.807) is 48.5 Å². The first kappa shape index (κ1) is 16.7. The highest BCUT2D eigenvalue weighted by Crippen LogP contribution is 2.10. The van der Waals surface area contributed by atoms with E-state index in [-0.39, 0.29) is 10.7 Å². The van der Waals surface area contributed by atoms with Crippen molar-refractivity contribution in [3.8, 4) is 0 Å². The van der Waals surface area contributed by atoms with Gasteiger partial charge in [-0.25, -0.2) is 8.42 Å². The maximum Gasteiger partial charge on any atom is 0.263 e. The summed E-state index contributed by atoms with van der Waals surface area (Å²) in [6, 6.07) is 15.0. The topological polar surface area (TPSA) is 98.7 Å². The Bertz CT molecular complexity index is 802. The van der Waals surface area contributed by atoms with Crippen molar-refractivity contribution in [1.29, 1.82) is 0 Å². The second-order valence-electron chi connectivity index (χ2n) is 4.76. The molecule has 120 valence electrons. The van der Waals surface area contributed by atoms with Crippen LogP contribution in [0.5, 0.6) is 0 Å². The summed E-state index contributed by atoms with van der Waals surface area (Å²) in [7, 11) is -3.87. The first-order valence-corrected chi connectivity index (χ1v) is 8.30. The van der Waals surface area contributed by atoms with Gasteiger partial charge in [0.1, 0.15) is 5.84 Å². The fraction of sp³-hybridized carbons (Fsp3) is 0.125. The number of amidine groups is 1. The minimum Gasteiger partial charge on any atom is -0.548 e. The lowest BCUT2D eigenvalue weighted by atomic mass is 10.2. The van der Waals surface area contributed by atoms with E-state index >= 15 is 0 Å². The van der Waals surface area contributed by atoms with Crippen molar-refractivity contribution in [3.05, 3.63) is 66.2 Å². The average Bonchev–Trinajstić information content (AvgIpc) is 2.55. The van der Waals surface area contributed by atoms with Gasteiger partial charge in [-0.1, -0.05) is 48.5 Å². The van der Waals surface area contributed by atoms with Gasteiger partial charge < -0.3 is 9.90 Å². The van der Waals surface area contributed by atoms with Gasteiger partial charge >= 0.3 is 0 Å². The molecule has 0 unspecified atom stereocenters. The normalized spacial score (nSPS) is 13.3. The van der Waals surface area contributed by atoms with Crippen LogP contribution in [-0.4, -0.2) is 26.3 Å². The van der Waals surface area contributed by atoms with Crippen LogP contribution in [0.15, 0.2) is 70.6 Å². The Morgan fingerprint density at radius 2 is 1.57 bits per heavy atom. The molecule has 0 aliphatic heterocycles. The molecule has 0 amide bonds. The van der Waals surface area contributed by atoms with Gasteiger partial charge in [-0.2, -0.15) is 0 Å². The van der Waals surface area contributed by atoms with Crippen LogP contribution in [0.2, 0.25) is 0 Å². The Kier molecular flexibility index (Phi) is 5.13. The summed E-state index contributed by atoms with van der Waals surface area (Å²) in [5.41, 5.74) is 0.458. The van der Waals surface area contributed by atoms with Crippen LogP contribution in [-0.2, 0) is 14.8 Å². The Labute approximate surface area is 134 Å². The molecule has 6 nitrogen and oxygen atoms in total. The van der Waals surface area contributed by atoms with Crippen LogP contribution in [0.1, 0.15) is 12.5 Å². The summed E-state index contributed by atoms with van der Waals surface area (Å²) in [6.07, 6.45) is 0. The largest absolute Gasteiger partial charge is 0.548 e. The number of aliphatic carboxylic acids is 1. The fourth-order valence-corrected chi connectivity index (χ4v) is 2.85. The molecule has 0 saturated heterocycles. The predicted octanol–water partition coefficient (Wildman–Crippen LogP) is 0.550. The van der Waals surface area contributed by atoms with Crippen molar-refractivity contribution < 1.29 is 18.3 Å². The van der Waals surface area contributed by atoms with Crippen molar-refractivity contribution in [1.82, 2.24) is 4.72 Å². The maximum absolute atomic E-state index is 12.4. The molecule has 2 aromatic carbocycles. The Morgan fingerprint density at radius 1 is 1.04 bits per heavy atom. The molecule has 23 heavy (non-hydrogen) atoms. The number of benzene rings is 2. The molecule has 0 aliphatic carbocycles. The number of nitrogens with zero attached hydrogens (tertiary/aromatic N) is 1. The van der Waals surface area contributed by atoms with Gasteiger partial charge in [0.2, 0.25) is 0 Å². The van der Waals surface area contributed by atoms with E-state index < -0.39 is 22.0 Å². The van der Waals surface area contributed by atoms with E-state index in [0.717, 1.165) is 0 Å². The highest BCUT2D eigenvalue weighted by atomic mass is 32.2. The highest BCUT2D eigenvalue weighted by molar-refractivity contribution is 7.90. The lowest BCUT2D eigenvalue weighted by molar-refractivity contribution is -0.306. The van der Waals surface area contributed by atoms with E-state index in [0.29, 0.717) is 5.56 Å². The fourth-order valence-electron chi connectivity index (χ4n) is 1.79. The smallest absolute Gasteiger partial charge is 0.263 e. The number of hydrogen-bond donors (Lipinski definition) is 1. The first-order chi connectivity index (χ1) is 10.9. The lowest BCUT2D eigenvalue weighted by Crippen LogP contribution is -2.37. The number of carboxylic acids is 1. The van der Waals surface area contributed by atoms with Gasteiger partial charge in [-0.3, -0.25) is 9.71 Å². The number of aliphatic imine (C=N–C) groups is 1. The molecule has 0 bridgehead atoms. The molecule has 0 spiro atoms. The predicted molar refractivity (Wildman–Crippen MR) is 84.2 cm³/mol. The average molecular weight is 331 g/mol. The second kappa shape index (κ2) is 7.06. The molecule has 1 atom stereocenters. The van der Waals surface area contributed by atoms with Gasteiger partial charge in [0.05, 0.1) is 16.9 Å². The summed E-state index contributed by atoms with van der Waals surface area (Å²) >= 11 is 0. The Morgan fingerprint density at radius 3 is 2.09 bits per heavy atom. The summed E-state index contributed by atoms with van der Waals surface area (Å²) < 4.78 is 27.2. The quantitative estimate of drug-likeness (QED) is 0.639. The third kappa shape index (κ3) is 4.40. The lowest BCUT2D eigenvalue weighted by Gasteiger charge is -2.14. The standard InChI is InChI=1S/C16H16N2O4S/c1-12(16(19)20)17-15(13-8-4-2-5-9-13)18-23(21,22)14-10-6-3-7-11-14/h2-12H,1H3,(H,17,18)(H,19,20)/p-1/t12-/m1/s1. The number of hydrogen-bond acceptors (Lipinski definition) is 5. The van der Waals surface area contributed by atoms with Crippen LogP contribution >= 0.6 is 0 Å². The molecule has 2 rings (SSSR count). The molecule has 0 aliphatic rings. The molecule has 0 radical (unpaired) electrons. The number of carbonyl (C=O) groups is 1. The van der Waals surface area contributed by atoms with E-state index in [1.165, 1.54) is 19.1 Å². The van der Waals surface area contributed by atoms with Gasteiger partial charge in [0, 0.05) is 5.56 Å². The van der Waals surface area contributed by atoms with E-state index in [1.807, 2.05) is 0 Å². The van der Waals surface area contributed by atoms with Crippen LogP contribution in [0.3, 0.4) is 0 Å². The number of nitrogens with one attached hydrogen (secondary N) is 1. The number of carboxylic acid groups (broad SMARTS) is 1. The summed E-state index contributed by atoms with van der Waals surface area (Å²) in [5.74, 6) is -1.44.